The Bertz CT molecular complexity index is 338. The van der Waals surface area contributed by atoms with Gasteiger partial charge in [-0.3, -0.25) is 4.90 Å². The zero-order chi connectivity index (χ0) is 11.8. The monoisotopic (exact) mass is 246 g/mol. The number of likely N-dealkylation sites (N-methyl/N-ethyl adjacent to an activating group) is 1. The maximum Gasteiger partial charge on any atom is 0.151 e. The lowest BCUT2D eigenvalue weighted by Crippen LogP contribution is -2.44. The highest BCUT2D eigenvalue weighted by atomic mass is 32.2. The van der Waals surface area contributed by atoms with E-state index in [0.29, 0.717) is 17.5 Å². The van der Waals surface area contributed by atoms with Crippen LogP contribution >= 0.6 is 0 Å². The summed E-state index contributed by atoms with van der Waals surface area (Å²) in [5, 5.41) is 3.49. The van der Waals surface area contributed by atoms with Gasteiger partial charge in [-0.1, -0.05) is 0 Å². The van der Waals surface area contributed by atoms with Crippen LogP contribution in [0.2, 0.25) is 0 Å². The van der Waals surface area contributed by atoms with Crippen LogP contribution < -0.4 is 5.32 Å². The van der Waals surface area contributed by atoms with Crippen molar-refractivity contribution in [3.05, 3.63) is 0 Å². The zero-order valence-corrected chi connectivity index (χ0v) is 11.0. The molecule has 0 bridgehead atoms. The van der Waals surface area contributed by atoms with Gasteiger partial charge in [-0.2, -0.15) is 0 Å². The van der Waals surface area contributed by atoms with Gasteiger partial charge in [0.1, 0.15) is 0 Å². The third-order valence-electron chi connectivity index (χ3n) is 3.76. The van der Waals surface area contributed by atoms with E-state index in [9.17, 15) is 8.42 Å². The van der Waals surface area contributed by atoms with Crippen molar-refractivity contribution >= 4 is 9.84 Å². The molecule has 1 aliphatic heterocycles. The molecule has 1 saturated heterocycles. The summed E-state index contributed by atoms with van der Waals surface area (Å²) in [6, 6.07) is 1.36. The van der Waals surface area contributed by atoms with Crippen molar-refractivity contribution in [3.63, 3.8) is 0 Å². The van der Waals surface area contributed by atoms with Gasteiger partial charge in [0.05, 0.1) is 11.5 Å². The molecule has 2 fully saturated rings. The van der Waals surface area contributed by atoms with Crippen LogP contribution in [0.3, 0.4) is 0 Å². The van der Waals surface area contributed by atoms with Crippen LogP contribution in [-0.2, 0) is 9.84 Å². The molecular formula is C11H22N2O2S. The van der Waals surface area contributed by atoms with E-state index < -0.39 is 9.84 Å². The lowest BCUT2D eigenvalue weighted by Gasteiger charge is -2.30. The first-order chi connectivity index (χ1) is 7.48. The van der Waals surface area contributed by atoms with Gasteiger partial charge < -0.3 is 5.32 Å². The second kappa shape index (κ2) is 4.63. The van der Waals surface area contributed by atoms with Crippen LogP contribution in [0.15, 0.2) is 0 Å². The van der Waals surface area contributed by atoms with Gasteiger partial charge in [0.15, 0.2) is 9.84 Å². The average Bonchev–Trinajstić information content (AvgIpc) is 2.98. The topological polar surface area (TPSA) is 49.4 Å². The lowest BCUT2D eigenvalue weighted by atomic mass is 10.2. The van der Waals surface area contributed by atoms with Gasteiger partial charge in [-0.15, -0.1) is 0 Å². The van der Waals surface area contributed by atoms with E-state index in [1.807, 2.05) is 7.05 Å². The van der Waals surface area contributed by atoms with Crippen molar-refractivity contribution in [3.8, 4) is 0 Å². The molecule has 94 valence electrons. The molecule has 1 N–H and O–H groups in total. The maximum atomic E-state index is 11.4. The van der Waals surface area contributed by atoms with Gasteiger partial charge in [-0.05, 0) is 33.2 Å². The van der Waals surface area contributed by atoms with Gasteiger partial charge in [0.2, 0.25) is 0 Å². The second-order valence-electron chi connectivity index (χ2n) is 5.25. The van der Waals surface area contributed by atoms with Crippen molar-refractivity contribution in [2.45, 2.75) is 44.3 Å². The zero-order valence-electron chi connectivity index (χ0n) is 10.1. The third-order valence-corrected chi connectivity index (χ3v) is 5.51. The average molecular weight is 246 g/mol. The molecular weight excluding hydrogens is 224 g/mol. The largest absolute Gasteiger partial charge is 0.312 e. The van der Waals surface area contributed by atoms with E-state index >= 15 is 0 Å². The summed E-state index contributed by atoms with van der Waals surface area (Å²) in [5.74, 6) is 0.710. The molecule has 4 nitrogen and oxygen atoms in total. The lowest BCUT2D eigenvalue weighted by molar-refractivity contribution is 0.195. The summed E-state index contributed by atoms with van der Waals surface area (Å²) in [4.78, 5) is 2.22. The highest BCUT2D eigenvalue weighted by Gasteiger charge is 2.32. The molecule has 0 radical (unpaired) electrons. The van der Waals surface area contributed by atoms with E-state index in [2.05, 4.69) is 17.1 Å². The first kappa shape index (κ1) is 12.3. The molecule has 0 aromatic carbocycles. The quantitative estimate of drug-likeness (QED) is 0.755. The van der Waals surface area contributed by atoms with E-state index in [0.717, 1.165) is 19.0 Å². The van der Waals surface area contributed by atoms with Crippen LogP contribution in [0.5, 0.6) is 0 Å². The standard InChI is InChI=1S/C11H22N2O2S/c1-9(7-12-10-3-4-10)13(2)11-5-6-16(14,15)8-11/h9-12H,3-8H2,1-2H3. The Morgan fingerprint density at radius 1 is 1.38 bits per heavy atom. The molecule has 2 aliphatic rings. The SMILES string of the molecule is CC(CNC1CC1)N(C)C1CCS(=O)(=O)C1. The molecule has 1 aliphatic carbocycles. The minimum atomic E-state index is -2.76. The van der Waals surface area contributed by atoms with Crippen molar-refractivity contribution < 1.29 is 8.42 Å². The third kappa shape index (κ3) is 3.18. The Labute approximate surface area is 98.3 Å². The summed E-state index contributed by atoms with van der Waals surface area (Å²) >= 11 is 0. The fourth-order valence-electron chi connectivity index (χ4n) is 2.23. The molecule has 0 spiro atoms. The molecule has 2 atom stereocenters. The van der Waals surface area contributed by atoms with Crippen molar-refractivity contribution in [2.24, 2.45) is 0 Å². The minimum absolute atomic E-state index is 0.223. The van der Waals surface area contributed by atoms with Gasteiger partial charge in [-0.25, -0.2) is 8.42 Å². The number of sulfone groups is 1. The van der Waals surface area contributed by atoms with Crippen LogP contribution in [0.4, 0.5) is 0 Å². The highest BCUT2D eigenvalue weighted by Crippen LogP contribution is 2.20. The van der Waals surface area contributed by atoms with E-state index in [1.165, 1.54) is 12.8 Å². The Hall–Kier alpha value is -0.130. The van der Waals surface area contributed by atoms with Gasteiger partial charge in [0, 0.05) is 24.7 Å². The summed E-state index contributed by atoms with van der Waals surface area (Å²) in [7, 11) is -0.709. The molecule has 1 heterocycles. The minimum Gasteiger partial charge on any atom is -0.312 e. The molecule has 0 aromatic heterocycles. The first-order valence-corrected chi connectivity index (χ1v) is 7.96. The van der Waals surface area contributed by atoms with E-state index in [4.69, 9.17) is 0 Å². The summed E-state index contributed by atoms with van der Waals surface area (Å²) < 4.78 is 22.8. The van der Waals surface area contributed by atoms with Gasteiger partial charge >= 0.3 is 0 Å². The number of nitrogens with zero attached hydrogens (tertiary/aromatic N) is 1. The Balaban J connectivity index is 1.79. The predicted octanol–water partition coefficient (Wildman–Crippen LogP) is 0.246. The molecule has 0 amide bonds. The number of nitrogens with one attached hydrogen (secondary N) is 1. The van der Waals surface area contributed by atoms with Crippen LogP contribution in [-0.4, -0.2) is 56.5 Å². The highest BCUT2D eigenvalue weighted by molar-refractivity contribution is 7.91. The number of rotatable bonds is 5. The molecule has 0 aromatic rings. The van der Waals surface area contributed by atoms with Crippen LogP contribution in [0.25, 0.3) is 0 Å². The second-order valence-corrected chi connectivity index (χ2v) is 7.48. The molecule has 16 heavy (non-hydrogen) atoms. The molecule has 5 heteroatoms. The number of hydrogen-bond acceptors (Lipinski definition) is 4. The van der Waals surface area contributed by atoms with Gasteiger partial charge in [0.25, 0.3) is 0 Å². The van der Waals surface area contributed by atoms with E-state index in [-0.39, 0.29) is 6.04 Å². The number of hydrogen-bond donors (Lipinski definition) is 1. The maximum absolute atomic E-state index is 11.4. The van der Waals surface area contributed by atoms with E-state index in [1.54, 1.807) is 0 Å². The van der Waals surface area contributed by atoms with Crippen LogP contribution in [0.1, 0.15) is 26.2 Å². The molecule has 2 rings (SSSR count). The smallest absolute Gasteiger partial charge is 0.151 e. The fraction of sp³-hybridized carbons (Fsp3) is 1.00. The summed E-state index contributed by atoms with van der Waals surface area (Å²) in [6.07, 6.45) is 3.40. The molecule has 1 saturated carbocycles. The Morgan fingerprint density at radius 3 is 2.56 bits per heavy atom. The molecule has 2 unspecified atom stereocenters. The van der Waals surface area contributed by atoms with Crippen molar-refractivity contribution in [1.82, 2.24) is 10.2 Å². The fourth-order valence-corrected chi connectivity index (χ4v) is 4.01. The first-order valence-electron chi connectivity index (χ1n) is 6.14. The summed E-state index contributed by atoms with van der Waals surface area (Å²) in [5.41, 5.74) is 0. The van der Waals surface area contributed by atoms with Crippen molar-refractivity contribution in [2.75, 3.05) is 25.1 Å². The Kier molecular flexibility index (Phi) is 3.56. The van der Waals surface area contributed by atoms with Crippen LogP contribution in [0, 0.1) is 0 Å². The van der Waals surface area contributed by atoms with Crippen molar-refractivity contribution in [1.29, 1.82) is 0 Å². The predicted molar refractivity (Wildman–Crippen MR) is 65.3 cm³/mol. The summed E-state index contributed by atoms with van der Waals surface area (Å²) in [6.45, 7) is 3.14. The Morgan fingerprint density at radius 2 is 2.06 bits per heavy atom. The normalized spacial score (nSPS) is 30.8.